The summed E-state index contributed by atoms with van der Waals surface area (Å²) in [5.74, 6) is 0.776. The highest BCUT2D eigenvalue weighted by molar-refractivity contribution is 9.10. The lowest BCUT2D eigenvalue weighted by atomic mass is 10.1. The number of thioether (sulfide) groups is 1. The van der Waals surface area contributed by atoms with Gasteiger partial charge in [-0.1, -0.05) is 65.3 Å². The van der Waals surface area contributed by atoms with Crippen LogP contribution in [0, 0.1) is 0 Å². The van der Waals surface area contributed by atoms with E-state index in [-0.39, 0.29) is 11.5 Å². The summed E-state index contributed by atoms with van der Waals surface area (Å²) >= 11 is 4.65. The average molecular weight is 417 g/mol. The number of hydrogen-bond acceptors (Lipinski definition) is 5. The van der Waals surface area contributed by atoms with Crippen LogP contribution in [0.25, 0.3) is 11.5 Å². The van der Waals surface area contributed by atoms with Gasteiger partial charge in [-0.3, -0.25) is 4.79 Å². The number of ketones is 1. The van der Waals surface area contributed by atoms with E-state index in [1.165, 1.54) is 17.3 Å². The van der Waals surface area contributed by atoms with E-state index in [0.29, 0.717) is 16.7 Å². The van der Waals surface area contributed by atoms with Gasteiger partial charge in [0.25, 0.3) is 5.22 Å². The van der Waals surface area contributed by atoms with Crippen molar-refractivity contribution in [2.75, 3.05) is 5.75 Å². The number of aromatic nitrogens is 2. The maximum atomic E-state index is 12.3. The van der Waals surface area contributed by atoms with Gasteiger partial charge in [0.2, 0.25) is 5.89 Å². The summed E-state index contributed by atoms with van der Waals surface area (Å²) in [5.41, 5.74) is 2.81. The minimum absolute atomic E-state index is 0.0523. The Labute approximate surface area is 159 Å². The Morgan fingerprint density at radius 2 is 1.80 bits per heavy atom. The Hall–Kier alpha value is -1.92. The Balaban J connectivity index is 1.60. The lowest BCUT2D eigenvalue weighted by Gasteiger charge is -2.02. The molecule has 0 saturated carbocycles. The van der Waals surface area contributed by atoms with E-state index >= 15 is 0 Å². The first-order valence-electron chi connectivity index (χ1n) is 8.00. The first-order valence-corrected chi connectivity index (χ1v) is 9.78. The lowest BCUT2D eigenvalue weighted by Crippen LogP contribution is -2.02. The van der Waals surface area contributed by atoms with Crippen LogP contribution in [0.3, 0.4) is 0 Å². The summed E-state index contributed by atoms with van der Waals surface area (Å²) in [6, 6.07) is 15.4. The van der Waals surface area contributed by atoms with Gasteiger partial charge in [0.1, 0.15) is 0 Å². The van der Waals surface area contributed by atoms with Crippen LogP contribution in [-0.4, -0.2) is 21.7 Å². The second kappa shape index (κ2) is 8.45. The van der Waals surface area contributed by atoms with Gasteiger partial charge in [0.15, 0.2) is 5.78 Å². The fraction of sp³-hybridized carbons (Fsp3) is 0.211. The summed E-state index contributed by atoms with van der Waals surface area (Å²) in [6.07, 6.45) is 2.13. The standard InChI is InChI=1S/C19H17BrN2O2S/c1-2-3-13-4-6-14(7-5-13)17(23)12-25-19-22-21-18(24-19)15-8-10-16(20)11-9-15/h4-11H,2-3,12H2,1H3. The normalized spacial score (nSPS) is 10.8. The van der Waals surface area contributed by atoms with Crippen molar-refractivity contribution in [3.05, 3.63) is 64.1 Å². The van der Waals surface area contributed by atoms with Gasteiger partial charge < -0.3 is 4.42 Å². The van der Waals surface area contributed by atoms with E-state index in [9.17, 15) is 4.79 Å². The maximum absolute atomic E-state index is 12.3. The number of carbonyl (C=O) groups is 1. The molecule has 0 aliphatic rings. The van der Waals surface area contributed by atoms with Crippen molar-refractivity contribution in [1.82, 2.24) is 10.2 Å². The highest BCUT2D eigenvalue weighted by Gasteiger charge is 2.12. The van der Waals surface area contributed by atoms with Gasteiger partial charge in [0, 0.05) is 15.6 Å². The molecular weight excluding hydrogens is 400 g/mol. The van der Waals surface area contributed by atoms with Crippen LogP contribution in [0.4, 0.5) is 0 Å². The molecule has 25 heavy (non-hydrogen) atoms. The first-order chi connectivity index (χ1) is 12.2. The predicted molar refractivity (Wildman–Crippen MR) is 103 cm³/mol. The van der Waals surface area contributed by atoms with Gasteiger partial charge in [0.05, 0.1) is 5.75 Å². The zero-order chi connectivity index (χ0) is 17.6. The van der Waals surface area contributed by atoms with Crippen LogP contribution in [0.2, 0.25) is 0 Å². The Kier molecular flexibility index (Phi) is 6.04. The number of nitrogens with zero attached hydrogens (tertiary/aromatic N) is 2. The topological polar surface area (TPSA) is 56.0 Å². The van der Waals surface area contributed by atoms with Crippen LogP contribution in [0.15, 0.2) is 62.6 Å². The SMILES string of the molecule is CCCc1ccc(C(=O)CSc2nnc(-c3ccc(Br)cc3)o2)cc1. The predicted octanol–water partition coefficient (Wildman–Crippen LogP) is 5.43. The molecule has 4 nitrogen and oxygen atoms in total. The second-order valence-corrected chi connectivity index (χ2v) is 7.38. The van der Waals surface area contributed by atoms with Gasteiger partial charge in [-0.25, -0.2) is 0 Å². The van der Waals surface area contributed by atoms with Crippen molar-refractivity contribution < 1.29 is 9.21 Å². The molecule has 0 unspecified atom stereocenters. The summed E-state index contributed by atoms with van der Waals surface area (Å²) in [7, 11) is 0. The van der Waals surface area contributed by atoms with E-state index in [4.69, 9.17) is 4.42 Å². The Morgan fingerprint density at radius 3 is 2.48 bits per heavy atom. The zero-order valence-corrected chi connectivity index (χ0v) is 16.1. The fourth-order valence-electron chi connectivity index (χ4n) is 2.33. The molecule has 0 bridgehead atoms. The molecule has 1 heterocycles. The van der Waals surface area contributed by atoms with Crippen molar-refractivity contribution in [3.8, 4) is 11.5 Å². The van der Waals surface area contributed by atoms with E-state index in [1.807, 2.05) is 48.5 Å². The molecule has 1 aromatic heterocycles. The van der Waals surface area contributed by atoms with Crippen molar-refractivity contribution in [2.24, 2.45) is 0 Å². The van der Waals surface area contributed by atoms with Crippen LogP contribution in [-0.2, 0) is 6.42 Å². The summed E-state index contributed by atoms with van der Waals surface area (Å²) in [5, 5.41) is 8.43. The monoisotopic (exact) mass is 416 g/mol. The van der Waals surface area contributed by atoms with E-state index in [0.717, 1.165) is 22.9 Å². The molecule has 0 aliphatic carbocycles. The molecule has 0 amide bonds. The minimum atomic E-state index is 0.0523. The number of hydrogen-bond donors (Lipinski definition) is 0. The van der Waals surface area contributed by atoms with Gasteiger partial charge in [-0.2, -0.15) is 0 Å². The molecule has 0 saturated heterocycles. The van der Waals surface area contributed by atoms with Crippen LogP contribution in [0.5, 0.6) is 0 Å². The summed E-state index contributed by atoms with van der Waals surface area (Å²) in [4.78, 5) is 12.3. The molecule has 0 fully saturated rings. The van der Waals surface area contributed by atoms with E-state index in [1.54, 1.807) is 0 Å². The number of Topliss-reactive ketones (excluding diaryl/α,β-unsaturated/α-hetero) is 1. The lowest BCUT2D eigenvalue weighted by molar-refractivity contribution is 0.102. The maximum Gasteiger partial charge on any atom is 0.277 e. The fourth-order valence-corrected chi connectivity index (χ4v) is 3.26. The molecule has 2 aromatic carbocycles. The minimum Gasteiger partial charge on any atom is -0.411 e. The molecule has 0 spiro atoms. The summed E-state index contributed by atoms with van der Waals surface area (Å²) < 4.78 is 6.61. The molecule has 128 valence electrons. The number of aryl methyl sites for hydroxylation is 1. The zero-order valence-electron chi connectivity index (χ0n) is 13.7. The van der Waals surface area contributed by atoms with Gasteiger partial charge >= 0.3 is 0 Å². The highest BCUT2D eigenvalue weighted by atomic mass is 79.9. The van der Waals surface area contributed by atoms with E-state index in [2.05, 4.69) is 33.1 Å². The molecule has 6 heteroatoms. The van der Waals surface area contributed by atoms with Crippen LogP contribution in [0.1, 0.15) is 29.3 Å². The van der Waals surface area contributed by atoms with Crippen molar-refractivity contribution in [1.29, 1.82) is 0 Å². The smallest absolute Gasteiger partial charge is 0.277 e. The van der Waals surface area contributed by atoms with Crippen molar-refractivity contribution >= 4 is 33.5 Å². The Bertz CT molecular complexity index is 845. The Morgan fingerprint density at radius 1 is 1.08 bits per heavy atom. The third-order valence-electron chi connectivity index (χ3n) is 3.64. The molecule has 3 aromatic rings. The second-order valence-electron chi connectivity index (χ2n) is 5.54. The first kappa shape index (κ1) is 17.9. The molecule has 0 radical (unpaired) electrons. The molecule has 0 aliphatic heterocycles. The highest BCUT2D eigenvalue weighted by Crippen LogP contribution is 2.25. The molecule has 0 atom stereocenters. The summed E-state index contributed by atoms with van der Waals surface area (Å²) in [6.45, 7) is 2.14. The number of carbonyl (C=O) groups excluding carboxylic acids is 1. The van der Waals surface area contributed by atoms with E-state index < -0.39 is 0 Å². The van der Waals surface area contributed by atoms with Crippen molar-refractivity contribution in [3.63, 3.8) is 0 Å². The third-order valence-corrected chi connectivity index (χ3v) is 4.99. The van der Waals surface area contributed by atoms with Crippen molar-refractivity contribution in [2.45, 2.75) is 25.0 Å². The van der Waals surface area contributed by atoms with Crippen LogP contribution < -0.4 is 0 Å². The van der Waals surface area contributed by atoms with Crippen LogP contribution >= 0.6 is 27.7 Å². The number of halogens is 1. The molecule has 0 N–H and O–H groups in total. The van der Waals surface area contributed by atoms with Gasteiger partial charge in [-0.15, -0.1) is 10.2 Å². The molecular formula is C19H17BrN2O2S. The number of rotatable bonds is 7. The van der Waals surface area contributed by atoms with Gasteiger partial charge in [-0.05, 0) is 36.2 Å². The average Bonchev–Trinajstić information content (AvgIpc) is 3.10. The quantitative estimate of drug-likeness (QED) is 0.379. The molecule has 3 rings (SSSR count). The largest absolute Gasteiger partial charge is 0.411 e. The third kappa shape index (κ3) is 4.80. The number of benzene rings is 2.